The number of benzene rings is 1. The predicted molar refractivity (Wildman–Crippen MR) is 70.8 cm³/mol. The molecule has 3 heteroatoms. The molecule has 0 aromatic heterocycles. The van der Waals surface area contributed by atoms with Gasteiger partial charge in [0.25, 0.3) is 0 Å². The number of hydrogen-bond donors (Lipinski definition) is 1. The van der Waals surface area contributed by atoms with Crippen LogP contribution in [0.2, 0.25) is 0 Å². The maximum atomic E-state index is 5.56. The standard InChI is InChI=1S/C15H20N2O/c1-2-15-12(3-4-18-15)5-11(1)8-17-9-13-6-16-7-14(13)10-17/h1-2,5,13-14,16H,3-4,6-10H2. The monoisotopic (exact) mass is 244 g/mol. The highest BCUT2D eigenvalue weighted by molar-refractivity contribution is 5.39. The van der Waals surface area contributed by atoms with Gasteiger partial charge < -0.3 is 10.1 Å². The second kappa shape index (κ2) is 4.25. The molecule has 0 spiro atoms. The lowest BCUT2D eigenvalue weighted by atomic mass is 10.0. The van der Waals surface area contributed by atoms with Gasteiger partial charge in [-0.1, -0.05) is 12.1 Å². The summed E-state index contributed by atoms with van der Waals surface area (Å²) in [6.45, 7) is 6.95. The van der Waals surface area contributed by atoms with Crippen LogP contribution in [0.4, 0.5) is 0 Å². The van der Waals surface area contributed by atoms with Crippen LogP contribution >= 0.6 is 0 Å². The van der Waals surface area contributed by atoms with Gasteiger partial charge in [-0.15, -0.1) is 0 Å². The van der Waals surface area contributed by atoms with E-state index in [1.807, 2.05) is 0 Å². The molecule has 3 nitrogen and oxygen atoms in total. The molecule has 96 valence electrons. The molecule has 3 heterocycles. The van der Waals surface area contributed by atoms with Gasteiger partial charge in [-0.2, -0.15) is 0 Å². The van der Waals surface area contributed by atoms with E-state index in [9.17, 15) is 0 Å². The first-order valence-corrected chi connectivity index (χ1v) is 7.06. The average molecular weight is 244 g/mol. The molecule has 0 aliphatic carbocycles. The SMILES string of the molecule is c1cc2c(cc1CN1CC3CNCC3C1)CCO2. The van der Waals surface area contributed by atoms with E-state index in [1.54, 1.807) is 0 Å². The number of ether oxygens (including phenoxy) is 1. The first kappa shape index (κ1) is 10.8. The summed E-state index contributed by atoms with van der Waals surface area (Å²) in [5, 5.41) is 3.50. The normalized spacial score (nSPS) is 30.2. The smallest absolute Gasteiger partial charge is 0.122 e. The minimum atomic E-state index is 0.859. The minimum Gasteiger partial charge on any atom is -0.493 e. The van der Waals surface area contributed by atoms with E-state index < -0.39 is 0 Å². The largest absolute Gasteiger partial charge is 0.493 e. The molecule has 2 atom stereocenters. The molecule has 1 aromatic rings. The lowest BCUT2D eigenvalue weighted by Gasteiger charge is -2.17. The highest BCUT2D eigenvalue weighted by Gasteiger charge is 2.35. The van der Waals surface area contributed by atoms with Crippen LogP contribution in [0.15, 0.2) is 18.2 Å². The molecule has 1 N–H and O–H groups in total. The Balaban J connectivity index is 1.46. The molecular formula is C15H20N2O. The van der Waals surface area contributed by atoms with Crippen LogP contribution in [0, 0.1) is 11.8 Å². The maximum Gasteiger partial charge on any atom is 0.122 e. The molecule has 0 radical (unpaired) electrons. The molecular weight excluding hydrogens is 224 g/mol. The van der Waals surface area contributed by atoms with E-state index in [-0.39, 0.29) is 0 Å². The number of likely N-dealkylation sites (tertiary alicyclic amines) is 1. The van der Waals surface area contributed by atoms with Gasteiger partial charge in [0.05, 0.1) is 6.61 Å². The first-order valence-electron chi connectivity index (χ1n) is 7.06. The topological polar surface area (TPSA) is 24.5 Å². The van der Waals surface area contributed by atoms with Crippen molar-refractivity contribution in [3.05, 3.63) is 29.3 Å². The molecule has 1 aromatic carbocycles. The van der Waals surface area contributed by atoms with Gasteiger partial charge in [-0.3, -0.25) is 4.90 Å². The van der Waals surface area contributed by atoms with Crippen LogP contribution in [0.1, 0.15) is 11.1 Å². The van der Waals surface area contributed by atoms with Crippen molar-refractivity contribution >= 4 is 0 Å². The zero-order chi connectivity index (χ0) is 11.9. The van der Waals surface area contributed by atoms with Crippen LogP contribution < -0.4 is 10.1 Å². The molecule has 0 bridgehead atoms. The number of fused-ring (bicyclic) bond motifs is 2. The van der Waals surface area contributed by atoms with Gasteiger partial charge in [0.15, 0.2) is 0 Å². The summed E-state index contributed by atoms with van der Waals surface area (Å²) < 4.78 is 5.56. The third kappa shape index (κ3) is 1.82. The fourth-order valence-electron chi connectivity index (χ4n) is 3.68. The van der Waals surface area contributed by atoms with Gasteiger partial charge >= 0.3 is 0 Å². The van der Waals surface area contributed by atoms with Crippen molar-refractivity contribution in [2.75, 3.05) is 32.8 Å². The fourth-order valence-corrected chi connectivity index (χ4v) is 3.68. The minimum absolute atomic E-state index is 0.859. The lowest BCUT2D eigenvalue weighted by molar-refractivity contribution is 0.305. The Hall–Kier alpha value is -1.06. The van der Waals surface area contributed by atoms with Crippen molar-refractivity contribution in [1.82, 2.24) is 10.2 Å². The number of rotatable bonds is 2. The summed E-state index contributed by atoms with van der Waals surface area (Å²) in [5.74, 6) is 2.88. The third-order valence-corrected chi connectivity index (χ3v) is 4.63. The summed E-state index contributed by atoms with van der Waals surface area (Å²) >= 11 is 0. The Morgan fingerprint density at radius 1 is 1.22 bits per heavy atom. The second-order valence-electron chi connectivity index (χ2n) is 5.91. The Morgan fingerprint density at radius 2 is 2.06 bits per heavy atom. The molecule has 3 aliphatic rings. The van der Waals surface area contributed by atoms with Crippen LogP contribution in [0.25, 0.3) is 0 Å². The average Bonchev–Trinajstić information content (AvgIpc) is 3.02. The van der Waals surface area contributed by atoms with E-state index in [2.05, 4.69) is 28.4 Å². The third-order valence-electron chi connectivity index (χ3n) is 4.63. The van der Waals surface area contributed by atoms with E-state index >= 15 is 0 Å². The zero-order valence-electron chi connectivity index (χ0n) is 10.7. The number of hydrogen-bond acceptors (Lipinski definition) is 3. The van der Waals surface area contributed by atoms with Crippen molar-refractivity contribution in [1.29, 1.82) is 0 Å². The molecule has 4 rings (SSSR count). The van der Waals surface area contributed by atoms with Crippen molar-refractivity contribution in [2.45, 2.75) is 13.0 Å². The fraction of sp³-hybridized carbons (Fsp3) is 0.600. The van der Waals surface area contributed by atoms with Crippen molar-refractivity contribution in [3.8, 4) is 5.75 Å². The molecule has 0 amide bonds. The van der Waals surface area contributed by atoms with Crippen molar-refractivity contribution in [3.63, 3.8) is 0 Å². The summed E-state index contributed by atoms with van der Waals surface area (Å²) in [4.78, 5) is 2.62. The van der Waals surface area contributed by atoms with Crippen LogP contribution in [0.3, 0.4) is 0 Å². The van der Waals surface area contributed by atoms with Crippen molar-refractivity contribution < 1.29 is 4.74 Å². The van der Waals surface area contributed by atoms with Crippen molar-refractivity contribution in [2.24, 2.45) is 11.8 Å². The lowest BCUT2D eigenvalue weighted by Crippen LogP contribution is -2.25. The van der Waals surface area contributed by atoms with Gasteiger partial charge in [0.1, 0.15) is 5.75 Å². The molecule has 2 fully saturated rings. The number of nitrogens with one attached hydrogen (secondary N) is 1. The highest BCUT2D eigenvalue weighted by Crippen LogP contribution is 2.29. The Labute approximate surface area is 108 Å². The van der Waals surface area contributed by atoms with Gasteiger partial charge in [0, 0.05) is 26.1 Å². The summed E-state index contributed by atoms with van der Waals surface area (Å²) in [7, 11) is 0. The molecule has 18 heavy (non-hydrogen) atoms. The highest BCUT2D eigenvalue weighted by atomic mass is 16.5. The van der Waals surface area contributed by atoms with Crippen LogP contribution in [-0.4, -0.2) is 37.7 Å². The van der Waals surface area contributed by atoms with Crippen LogP contribution in [0.5, 0.6) is 5.75 Å². The predicted octanol–water partition coefficient (Wildman–Crippen LogP) is 1.27. The Morgan fingerprint density at radius 3 is 2.89 bits per heavy atom. The zero-order valence-corrected chi connectivity index (χ0v) is 10.7. The molecule has 3 aliphatic heterocycles. The molecule has 2 unspecified atom stereocenters. The Bertz CT molecular complexity index is 448. The Kier molecular flexibility index (Phi) is 2.55. The van der Waals surface area contributed by atoms with E-state index in [0.717, 1.165) is 37.2 Å². The molecule has 2 saturated heterocycles. The van der Waals surface area contributed by atoms with E-state index in [1.165, 1.54) is 37.3 Å². The van der Waals surface area contributed by atoms with Gasteiger partial charge in [-0.05, 0) is 42.1 Å². The first-order chi connectivity index (χ1) is 8.88. The maximum absolute atomic E-state index is 5.56. The summed E-state index contributed by atoms with van der Waals surface area (Å²) in [6, 6.07) is 6.72. The number of nitrogens with zero attached hydrogens (tertiary/aromatic N) is 1. The molecule has 0 saturated carbocycles. The quantitative estimate of drug-likeness (QED) is 0.848. The summed E-state index contributed by atoms with van der Waals surface area (Å²) in [5.41, 5.74) is 2.85. The van der Waals surface area contributed by atoms with Crippen LogP contribution in [-0.2, 0) is 13.0 Å². The second-order valence-corrected chi connectivity index (χ2v) is 5.91. The van der Waals surface area contributed by atoms with Gasteiger partial charge in [0.2, 0.25) is 0 Å². The van der Waals surface area contributed by atoms with E-state index in [0.29, 0.717) is 0 Å². The van der Waals surface area contributed by atoms with Gasteiger partial charge in [-0.25, -0.2) is 0 Å². The summed E-state index contributed by atoms with van der Waals surface area (Å²) in [6.07, 6.45) is 1.08. The van der Waals surface area contributed by atoms with E-state index in [4.69, 9.17) is 4.74 Å².